The van der Waals surface area contributed by atoms with Crippen molar-refractivity contribution in [1.82, 2.24) is 4.31 Å². The molecule has 2 aromatic carbocycles. The molecule has 0 heterocycles. The summed E-state index contributed by atoms with van der Waals surface area (Å²) in [6, 6.07) is 14.5. The van der Waals surface area contributed by atoms with E-state index in [1.54, 1.807) is 5.30 Å². The largest absolute Gasteiger partial charge is 0.242 e. The number of hydrogen-bond donors (Lipinski definition) is 0. The minimum Gasteiger partial charge on any atom is -0.242 e. The average molecular weight is 624 g/mol. The van der Waals surface area contributed by atoms with E-state index in [2.05, 4.69) is 110 Å². The first kappa shape index (κ1) is 34.8. The van der Waals surface area contributed by atoms with E-state index in [-0.39, 0.29) is 18.7 Å². The number of benzene rings is 2. The van der Waals surface area contributed by atoms with E-state index in [9.17, 15) is 4.21 Å². The second-order valence-electron chi connectivity index (χ2n) is 15.4. The van der Waals surface area contributed by atoms with Crippen LogP contribution in [0.25, 0.3) is 0 Å². The highest BCUT2D eigenvalue weighted by Gasteiger charge is 2.39. The van der Waals surface area contributed by atoms with Crippen molar-refractivity contribution in [2.45, 2.75) is 166 Å². The average Bonchev–Trinajstić information content (AvgIpc) is 2.98. The Hall–Kier alpha value is -1.02. The van der Waals surface area contributed by atoms with Gasteiger partial charge >= 0.3 is 0 Å². The predicted molar refractivity (Wildman–Crippen MR) is 193 cm³/mol. The van der Waals surface area contributed by atoms with Crippen LogP contribution in [0.3, 0.4) is 0 Å². The maximum atomic E-state index is 14.4. The van der Waals surface area contributed by atoms with E-state index in [0.717, 1.165) is 11.3 Å². The molecule has 0 radical (unpaired) electrons. The molecule has 4 rings (SSSR count). The minimum absolute atomic E-state index is 0.0375. The fraction of sp³-hybridized carbons (Fsp3) is 0.692. The highest BCUT2D eigenvalue weighted by molar-refractivity contribution is 7.84. The Kier molecular flexibility index (Phi) is 12.2. The molecule has 0 aromatic heterocycles. The van der Waals surface area contributed by atoms with Crippen molar-refractivity contribution in [3.63, 3.8) is 0 Å². The lowest BCUT2D eigenvalue weighted by Gasteiger charge is -2.42. The van der Waals surface area contributed by atoms with Crippen LogP contribution in [-0.2, 0) is 11.0 Å². The SMILES string of the molecule is CC(C)c1cc(C(C)C)c(C(c2ccccc2P(C2CCCCC2)C2CCCCC2)N(C)S(=O)C(C)(C)C)c(C(C)C)c1. The normalized spacial score (nSPS) is 19.2. The third kappa shape index (κ3) is 8.04. The molecule has 2 saturated carbocycles. The van der Waals surface area contributed by atoms with Gasteiger partial charge in [-0.25, -0.2) is 8.51 Å². The summed E-state index contributed by atoms with van der Waals surface area (Å²) in [7, 11) is 0.689. The smallest absolute Gasteiger partial charge is 0.100 e. The van der Waals surface area contributed by atoms with Gasteiger partial charge in [0.15, 0.2) is 0 Å². The Morgan fingerprint density at radius 1 is 0.721 bits per heavy atom. The molecule has 2 aromatic rings. The molecule has 0 N–H and O–H groups in total. The Morgan fingerprint density at radius 3 is 1.60 bits per heavy atom. The van der Waals surface area contributed by atoms with Crippen molar-refractivity contribution in [2.75, 3.05) is 7.05 Å². The van der Waals surface area contributed by atoms with Crippen molar-refractivity contribution in [1.29, 1.82) is 0 Å². The lowest BCUT2D eigenvalue weighted by Crippen LogP contribution is -2.40. The number of nitrogens with zero attached hydrogens (tertiary/aromatic N) is 1. The van der Waals surface area contributed by atoms with E-state index in [0.29, 0.717) is 17.8 Å². The lowest BCUT2D eigenvalue weighted by molar-refractivity contribution is 0.434. The second kappa shape index (κ2) is 15.0. The first-order valence-electron chi connectivity index (χ1n) is 17.5. The van der Waals surface area contributed by atoms with Gasteiger partial charge in [-0.05, 0) is 109 Å². The van der Waals surface area contributed by atoms with Crippen LogP contribution in [0.15, 0.2) is 36.4 Å². The zero-order chi connectivity index (χ0) is 31.5. The van der Waals surface area contributed by atoms with E-state index >= 15 is 0 Å². The first-order chi connectivity index (χ1) is 20.3. The Bertz CT molecular complexity index is 1170. The summed E-state index contributed by atoms with van der Waals surface area (Å²) < 4.78 is 16.3. The van der Waals surface area contributed by atoms with Crippen molar-refractivity contribution in [3.8, 4) is 0 Å². The maximum Gasteiger partial charge on any atom is 0.100 e. The summed E-state index contributed by atoms with van der Waals surface area (Å²) in [5.41, 5.74) is 8.80. The van der Waals surface area contributed by atoms with Gasteiger partial charge in [-0.3, -0.25) is 0 Å². The van der Waals surface area contributed by atoms with E-state index in [4.69, 9.17) is 0 Å². The Balaban J connectivity index is 2.03. The molecule has 2 nitrogen and oxygen atoms in total. The highest BCUT2D eigenvalue weighted by atomic mass is 32.2. The van der Waals surface area contributed by atoms with Gasteiger partial charge in [0.2, 0.25) is 0 Å². The summed E-state index contributed by atoms with van der Waals surface area (Å²) in [4.78, 5) is 0. The number of rotatable bonds is 10. The quantitative estimate of drug-likeness (QED) is 0.241. The summed E-state index contributed by atoms with van der Waals surface area (Å²) >= 11 is 0. The molecule has 0 aliphatic heterocycles. The molecular formula is C39H62NOPS. The standard InChI is InChI=1S/C39H62NOPS/c1-27(2)30-25-34(28(3)4)37(35(26-30)29(5)6)38(40(10)43(41)39(7,8)9)33-23-17-18-24-36(33)42(31-19-13-11-14-20-31)32-21-15-12-16-22-32/h17-18,23-29,31-32,38H,11-16,19-22H2,1-10H3. The molecule has 2 aliphatic rings. The lowest BCUT2D eigenvalue weighted by atomic mass is 9.80. The van der Waals surface area contributed by atoms with Crippen molar-refractivity contribution < 1.29 is 4.21 Å². The van der Waals surface area contributed by atoms with Crippen molar-refractivity contribution in [3.05, 3.63) is 64.2 Å². The number of hydrogen-bond acceptors (Lipinski definition) is 1. The highest BCUT2D eigenvalue weighted by Crippen LogP contribution is 2.56. The van der Waals surface area contributed by atoms with Gasteiger partial charge in [-0.1, -0.05) is 124 Å². The maximum absolute atomic E-state index is 14.4. The third-order valence-corrected chi connectivity index (χ3v) is 15.4. The zero-order valence-corrected chi connectivity index (χ0v) is 30.9. The van der Waals surface area contributed by atoms with E-state index < -0.39 is 11.0 Å². The Labute approximate surface area is 269 Å². The van der Waals surface area contributed by atoms with Crippen LogP contribution in [0.5, 0.6) is 0 Å². The minimum atomic E-state index is -1.16. The molecular weight excluding hydrogens is 561 g/mol. The molecule has 4 heteroatoms. The fourth-order valence-electron chi connectivity index (χ4n) is 7.75. The molecule has 240 valence electrons. The van der Waals surface area contributed by atoms with Gasteiger partial charge in [0.25, 0.3) is 0 Å². The molecule has 0 amide bonds. The monoisotopic (exact) mass is 623 g/mol. The Morgan fingerprint density at radius 2 is 1.19 bits per heavy atom. The molecule has 2 aliphatic carbocycles. The van der Waals surface area contributed by atoms with Gasteiger partial charge in [0.05, 0.1) is 10.8 Å². The van der Waals surface area contributed by atoms with E-state index in [1.165, 1.54) is 92.0 Å². The predicted octanol–water partition coefficient (Wildman–Crippen LogP) is 11.3. The van der Waals surface area contributed by atoms with Gasteiger partial charge in [-0.2, -0.15) is 0 Å². The second-order valence-corrected chi connectivity index (χ2v) is 20.5. The van der Waals surface area contributed by atoms with Gasteiger partial charge < -0.3 is 0 Å². The summed E-state index contributed by atoms with van der Waals surface area (Å²) in [5.74, 6) is 1.24. The van der Waals surface area contributed by atoms with Gasteiger partial charge in [-0.15, -0.1) is 0 Å². The molecule has 2 unspecified atom stereocenters. The molecule has 0 spiro atoms. The van der Waals surface area contributed by atoms with Crippen LogP contribution >= 0.6 is 7.92 Å². The topological polar surface area (TPSA) is 20.3 Å². The summed E-state index contributed by atoms with van der Waals surface area (Å²) in [6.07, 6.45) is 13.9. The summed E-state index contributed by atoms with van der Waals surface area (Å²) in [5, 5.41) is 1.62. The fourth-order valence-corrected chi connectivity index (χ4v) is 13.0. The zero-order valence-electron chi connectivity index (χ0n) is 29.2. The van der Waals surface area contributed by atoms with Gasteiger partial charge in [0.1, 0.15) is 11.0 Å². The van der Waals surface area contributed by atoms with Crippen LogP contribution in [-0.4, -0.2) is 31.6 Å². The van der Waals surface area contributed by atoms with Crippen LogP contribution in [0, 0.1) is 0 Å². The van der Waals surface area contributed by atoms with Crippen LogP contribution in [0.4, 0.5) is 0 Å². The van der Waals surface area contributed by atoms with Crippen molar-refractivity contribution >= 4 is 24.2 Å². The first-order valence-corrected chi connectivity index (χ1v) is 20.1. The molecule has 2 fully saturated rings. The third-order valence-electron chi connectivity index (χ3n) is 10.0. The van der Waals surface area contributed by atoms with E-state index in [1.807, 2.05) is 0 Å². The van der Waals surface area contributed by atoms with Crippen LogP contribution in [0.2, 0.25) is 0 Å². The summed E-state index contributed by atoms with van der Waals surface area (Å²) in [6.45, 7) is 20.5. The van der Waals surface area contributed by atoms with Crippen molar-refractivity contribution in [2.24, 2.45) is 0 Å². The molecule has 43 heavy (non-hydrogen) atoms. The molecule has 0 bridgehead atoms. The van der Waals surface area contributed by atoms with Crippen LogP contribution in [0.1, 0.15) is 178 Å². The van der Waals surface area contributed by atoms with Gasteiger partial charge in [0, 0.05) is 7.05 Å². The molecule has 0 saturated heterocycles. The molecule has 2 atom stereocenters. The van der Waals surface area contributed by atoms with Crippen LogP contribution < -0.4 is 5.30 Å².